The van der Waals surface area contributed by atoms with Crippen molar-refractivity contribution >= 4 is 44.0 Å². The monoisotopic (exact) mass is 462 g/mol. The number of amides is 1. The second-order valence-corrected chi connectivity index (χ2v) is 9.16. The molecule has 164 valence electrons. The maximum absolute atomic E-state index is 12.7. The van der Waals surface area contributed by atoms with Crippen molar-refractivity contribution in [1.82, 2.24) is 5.32 Å². The van der Waals surface area contributed by atoms with Gasteiger partial charge in [0.25, 0.3) is 0 Å². The van der Waals surface area contributed by atoms with Crippen LogP contribution < -0.4 is 19.1 Å². The van der Waals surface area contributed by atoms with E-state index in [1.165, 1.54) is 26.4 Å². The van der Waals surface area contributed by atoms with E-state index < -0.39 is 22.5 Å². The third-order valence-electron chi connectivity index (χ3n) is 4.77. The molecule has 0 saturated carbocycles. The topological polar surface area (TPSA) is 84.9 Å². The number of methoxy groups -OCH3 is 2. The fourth-order valence-corrected chi connectivity index (χ4v) is 4.33. The van der Waals surface area contributed by atoms with E-state index in [2.05, 4.69) is 5.32 Å². The Bertz CT molecular complexity index is 1210. The summed E-state index contributed by atoms with van der Waals surface area (Å²) < 4.78 is 36.4. The van der Waals surface area contributed by atoms with Crippen LogP contribution in [0.5, 0.6) is 11.5 Å². The van der Waals surface area contributed by atoms with E-state index in [9.17, 15) is 13.2 Å². The van der Waals surface area contributed by atoms with Crippen LogP contribution in [-0.2, 0) is 21.4 Å². The molecule has 3 aromatic rings. The maximum Gasteiger partial charge on any atom is 0.241 e. The van der Waals surface area contributed by atoms with Crippen molar-refractivity contribution in [3.8, 4) is 11.5 Å². The molecule has 0 heterocycles. The summed E-state index contributed by atoms with van der Waals surface area (Å²) >= 11 is 6.12. The van der Waals surface area contributed by atoms with Crippen molar-refractivity contribution in [3.05, 3.63) is 65.2 Å². The third-order valence-corrected chi connectivity index (χ3v) is 6.19. The fraction of sp³-hybridized carbons (Fsp3) is 0.227. The summed E-state index contributed by atoms with van der Waals surface area (Å²) in [5, 5.41) is 5.14. The van der Waals surface area contributed by atoms with Gasteiger partial charge in [-0.1, -0.05) is 54.1 Å². The molecule has 0 atom stereocenters. The molecule has 3 aromatic carbocycles. The number of nitrogens with one attached hydrogen (secondary N) is 1. The molecule has 3 rings (SSSR count). The van der Waals surface area contributed by atoms with Crippen molar-refractivity contribution in [2.75, 3.05) is 31.3 Å². The van der Waals surface area contributed by atoms with Gasteiger partial charge in [0.15, 0.2) is 0 Å². The summed E-state index contributed by atoms with van der Waals surface area (Å²) in [7, 11) is -1.000. The lowest BCUT2D eigenvalue weighted by molar-refractivity contribution is -0.119. The minimum Gasteiger partial charge on any atom is -0.495 e. The highest BCUT2D eigenvalue weighted by atomic mass is 35.5. The molecular weight excluding hydrogens is 440 g/mol. The summed E-state index contributed by atoms with van der Waals surface area (Å²) in [4.78, 5) is 12.7. The van der Waals surface area contributed by atoms with Crippen LogP contribution in [0.25, 0.3) is 10.8 Å². The number of carbonyl (C=O) groups is 1. The average molecular weight is 463 g/mol. The van der Waals surface area contributed by atoms with Crippen LogP contribution in [0, 0.1) is 0 Å². The highest BCUT2D eigenvalue weighted by Crippen LogP contribution is 2.38. The van der Waals surface area contributed by atoms with Crippen molar-refractivity contribution in [2.45, 2.75) is 6.54 Å². The number of rotatable bonds is 8. The second-order valence-electron chi connectivity index (χ2n) is 6.84. The zero-order valence-electron chi connectivity index (χ0n) is 17.4. The molecule has 0 fully saturated rings. The average Bonchev–Trinajstić information content (AvgIpc) is 2.75. The fourth-order valence-electron chi connectivity index (χ4n) is 3.25. The van der Waals surface area contributed by atoms with E-state index in [1.807, 2.05) is 42.5 Å². The largest absolute Gasteiger partial charge is 0.495 e. The third kappa shape index (κ3) is 5.21. The number of halogens is 1. The molecule has 1 N–H and O–H groups in total. The Hall–Kier alpha value is -2.97. The molecule has 0 aliphatic heterocycles. The van der Waals surface area contributed by atoms with Gasteiger partial charge in [-0.2, -0.15) is 0 Å². The van der Waals surface area contributed by atoms with Gasteiger partial charge in [0.2, 0.25) is 15.9 Å². The van der Waals surface area contributed by atoms with Gasteiger partial charge >= 0.3 is 0 Å². The van der Waals surface area contributed by atoms with Gasteiger partial charge in [0.1, 0.15) is 18.0 Å². The Kier molecular flexibility index (Phi) is 6.92. The van der Waals surface area contributed by atoms with Crippen molar-refractivity contribution in [2.24, 2.45) is 0 Å². The highest BCUT2D eigenvalue weighted by Gasteiger charge is 2.25. The van der Waals surface area contributed by atoms with E-state index in [-0.39, 0.29) is 28.8 Å². The molecule has 0 radical (unpaired) electrons. The molecule has 9 heteroatoms. The van der Waals surface area contributed by atoms with Crippen molar-refractivity contribution < 1.29 is 22.7 Å². The van der Waals surface area contributed by atoms with Gasteiger partial charge < -0.3 is 14.8 Å². The number of anilines is 1. The van der Waals surface area contributed by atoms with Gasteiger partial charge in [-0.15, -0.1) is 0 Å². The van der Waals surface area contributed by atoms with E-state index in [0.29, 0.717) is 0 Å². The van der Waals surface area contributed by atoms with Gasteiger partial charge in [-0.05, 0) is 16.3 Å². The Morgan fingerprint density at radius 2 is 1.71 bits per heavy atom. The standard InChI is InChI=1S/C22H23ClN2O5S/c1-29-20-12-19(21(30-2)11-18(20)23)25(31(3,27)28)14-22(26)24-13-16-9-6-8-15-7-4-5-10-17(15)16/h4-12H,13-14H2,1-3H3,(H,24,26). The number of fused-ring (bicyclic) bond motifs is 1. The van der Waals surface area contributed by atoms with Crippen LogP contribution in [0.15, 0.2) is 54.6 Å². The van der Waals surface area contributed by atoms with Gasteiger partial charge in [-0.3, -0.25) is 9.10 Å². The van der Waals surface area contributed by atoms with E-state index in [4.69, 9.17) is 21.1 Å². The Labute approximate surface area is 186 Å². The number of benzene rings is 3. The quantitative estimate of drug-likeness (QED) is 0.553. The Morgan fingerprint density at radius 1 is 1.03 bits per heavy atom. The number of hydrogen-bond acceptors (Lipinski definition) is 5. The summed E-state index contributed by atoms with van der Waals surface area (Å²) in [6.07, 6.45) is 1.02. The lowest BCUT2D eigenvalue weighted by atomic mass is 10.0. The molecule has 0 aliphatic carbocycles. The second kappa shape index (κ2) is 9.45. The van der Waals surface area contributed by atoms with Gasteiger partial charge in [0, 0.05) is 18.7 Å². The summed E-state index contributed by atoms with van der Waals surface area (Å²) in [6, 6.07) is 16.5. The normalized spacial score (nSPS) is 11.2. The number of sulfonamides is 1. The zero-order chi connectivity index (χ0) is 22.6. The molecule has 0 bridgehead atoms. The lowest BCUT2D eigenvalue weighted by Gasteiger charge is -2.24. The van der Waals surface area contributed by atoms with Crippen LogP contribution in [-0.4, -0.2) is 41.3 Å². The first-order chi connectivity index (χ1) is 14.7. The summed E-state index contributed by atoms with van der Waals surface area (Å²) in [6.45, 7) is -0.163. The van der Waals surface area contributed by atoms with Gasteiger partial charge in [-0.25, -0.2) is 8.42 Å². The number of nitrogens with zero attached hydrogens (tertiary/aromatic N) is 1. The molecule has 1 amide bonds. The first-order valence-corrected chi connectivity index (χ1v) is 11.6. The molecule has 0 aliphatic rings. The van der Waals surface area contributed by atoms with Crippen LogP contribution in [0.1, 0.15) is 5.56 Å². The molecule has 0 spiro atoms. The SMILES string of the molecule is COc1cc(N(CC(=O)NCc2cccc3ccccc23)S(C)(=O)=O)c(OC)cc1Cl. The smallest absolute Gasteiger partial charge is 0.241 e. The van der Waals surface area contributed by atoms with Crippen LogP contribution >= 0.6 is 11.6 Å². The maximum atomic E-state index is 12.7. The van der Waals surface area contributed by atoms with Crippen LogP contribution in [0.4, 0.5) is 5.69 Å². The van der Waals surface area contributed by atoms with Crippen molar-refractivity contribution in [3.63, 3.8) is 0 Å². The van der Waals surface area contributed by atoms with Crippen molar-refractivity contribution in [1.29, 1.82) is 0 Å². The number of ether oxygens (including phenoxy) is 2. The highest BCUT2D eigenvalue weighted by molar-refractivity contribution is 7.92. The van der Waals surface area contributed by atoms with Crippen LogP contribution in [0.3, 0.4) is 0 Å². The van der Waals surface area contributed by atoms with E-state index >= 15 is 0 Å². The molecule has 0 unspecified atom stereocenters. The molecule has 7 nitrogen and oxygen atoms in total. The Balaban J connectivity index is 1.84. The number of carbonyl (C=O) groups excluding carboxylic acids is 1. The Morgan fingerprint density at radius 3 is 2.39 bits per heavy atom. The lowest BCUT2D eigenvalue weighted by Crippen LogP contribution is -2.40. The van der Waals surface area contributed by atoms with E-state index in [0.717, 1.165) is 26.9 Å². The molecule has 0 aromatic heterocycles. The first kappa shape index (κ1) is 22.7. The van der Waals surface area contributed by atoms with E-state index in [1.54, 1.807) is 0 Å². The predicted molar refractivity (Wildman–Crippen MR) is 123 cm³/mol. The molecule has 31 heavy (non-hydrogen) atoms. The van der Waals surface area contributed by atoms with Crippen LogP contribution in [0.2, 0.25) is 5.02 Å². The zero-order valence-corrected chi connectivity index (χ0v) is 19.0. The number of hydrogen-bond donors (Lipinski definition) is 1. The molecule has 0 saturated heterocycles. The summed E-state index contributed by atoms with van der Waals surface area (Å²) in [5.74, 6) is 0.00897. The summed E-state index contributed by atoms with van der Waals surface area (Å²) in [5.41, 5.74) is 1.09. The predicted octanol–water partition coefficient (Wildman–Crippen LogP) is 3.59. The minimum absolute atomic E-state index is 0.159. The minimum atomic E-state index is -3.81. The van der Waals surface area contributed by atoms with Gasteiger partial charge in [0.05, 0.1) is 31.2 Å². The molecular formula is C22H23ClN2O5S. The first-order valence-electron chi connectivity index (χ1n) is 9.37.